The zero-order valence-electron chi connectivity index (χ0n) is 14.7. The van der Waals surface area contributed by atoms with Gasteiger partial charge in [-0.15, -0.1) is 0 Å². The number of carbonyl (C=O) groups excluding carboxylic acids is 2. The summed E-state index contributed by atoms with van der Waals surface area (Å²) in [7, 11) is 0. The number of aromatic nitrogens is 2. The first kappa shape index (κ1) is 18.6. The molecule has 1 heterocycles. The van der Waals surface area contributed by atoms with E-state index in [0.717, 1.165) is 6.42 Å². The van der Waals surface area contributed by atoms with Crippen LogP contribution >= 0.6 is 0 Å². The summed E-state index contributed by atoms with van der Waals surface area (Å²) in [5.41, 5.74) is 1.78. The second kappa shape index (κ2) is 8.41. The summed E-state index contributed by atoms with van der Waals surface area (Å²) in [5.74, 6) is -0.906. The van der Waals surface area contributed by atoms with E-state index in [1.54, 1.807) is 16.8 Å². The van der Waals surface area contributed by atoms with Crippen molar-refractivity contribution in [2.24, 2.45) is 0 Å². The molecular weight excluding hydrogens is 323 g/mol. The average molecular weight is 346 g/mol. The van der Waals surface area contributed by atoms with E-state index >= 15 is 0 Å². The van der Waals surface area contributed by atoms with Crippen LogP contribution in [0.2, 0.25) is 0 Å². The monoisotopic (exact) mass is 346 g/mol. The summed E-state index contributed by atoms with van der Waals surface area (Å²) in [5, 5.41) is 9.58. The molecule has 0 aliphatic rings. The lowest BCUT2D eigenvalue weighted by Gasteiger charge is -2.13. The molecule has 0 saturated carbocycles. The van der Waals surface area contributed by atoms with Crippen molar-refractivity contribution in [2.45, 2.75) is 33.1 Å². The van der Waals surface area contributed by atoms with Gasteiger partial charge < -0.3 is 10.6 Å². The lowest BCUT2D eigenvalue weighted by molar-refractivity contribution is -0.120. The molecule has 2 N–H and O–H groups in total. The minimum atomic E-state index is -0.358. The van der Waals surface area contributed by atoms with E-state index in [0.29, 0.717) is 23.5 Å². The van der Waals surface area contributed by atoms with Crippen LogP contribution in [0.25, 0.3) is 5.69 Å². The molecule has 2 aromatic rings. The van der Waals surface area contributed by atoms with Crippen molar-refractivity contribution in [1.29, 1.82) is 0 Å². The van der Waals surface area contributed by atoms with Crippen molar-refractivity contribution in [3.63, 3.8) is 0 Å². The molecule has 2 rings (SSSR count). The van der Waals surface area contributed by atoms with Crippen LogP contribution in [0, 0.1) is 5.82 Å². The first-order valence-electron chi connectivity index (χ1n) is 8.32. The number of rotatable bonds is 7. The van der Waals surface area contributed by atoms with Crippen LogP contribution in [-0.2, 0) is 4.79 Å². The fraction of sp³-hybridized carbons (Fsp3) is 0.389. The molecule has 0 fully saturated rings. The molecular formula is C18H23FN4O2. The summed E-state index contributed by atoms with van der Waals surface area (Å²) in [6.45, 7) is 6.34. The Hall–Kier alpha value is -2.70. The number of halogens is 1. The van der Waals surface area contributed by atoms with Gasteiger partial charge in [0.05, 0.1) is 29.7 Å². The van der Waals surface area contributed by atoms with E-state index in [1.165, 1.54) is 18.3 Å². The van der Waals surface area contributed by atoms with Gasteiger partial charge in [0.2, 0.25) is 5.91 Å². The Kier molecular flexibility index (Phi) is 6.27. The van der Waals surface area contributed by atoms with Gasteiger partial charge in [-0.25, -0.2) is 9.07 Å². The highest BCUT2D eigenvalue weighted by Gasteiger charge is 2.21. The average Bonchev–Trinajstić information content (AvgIpc) is 3.03. The zero-order chi connectivity index (χ0) is 18.4. The Balaban J connectivity index is 2.19. The van der Waals surface area contributed by atoms with Crippen LogP contribution in [-0.4, -0.2) is 34.7 Å². The summed E-state index contributed by atoms with van der Waals surface area (Å²) in [4.78, 5) is 24.1. The minimum Gasteiger partial charge on any atom is -0.355 e. The van der Waals surface area contributed by atoms with Crippen molar-refractivity contribution in [3.8, 4) is 5.69 Å². The van der Waals surface area contributed by atoms with Gasteiger partial charge in [-0.05, 0) is 36.6 Å². The van der Waals surface area contributed by atoms with E-state index in [-0.39, 0.29) is 30.1 Å². The molecule has 0 unspecified atom stereocenters. The number of carbonyl (C=O) groups is 2. The Morgan fingerprint density at radius 1 is 1.20 bits per heavy atom. The third-order valence-corrected chi connectivity index (χ3v) is 3.65. The maximum Gasteiger partial charge on any atom is 0.255 e. The third kappa shape index (κ3) is 4.65. The Bertz CT molecular complexity index is 738. The second-order valence-electron chi connectivity index (χ2n) is 6.02. The van der Waals surface area contributed by atoms with E-state index in [4.69, 9.17) is 0 Å². The van der Waals surface area contributed by atoms with Crippen LogP contribution in [0.15, 0.2) is 30.5 Å². The quantitative estimate of drug-likeness (QED) is 0.808. The molecule has 7 heteroatoms. The smallest absolute Gasteiger partial charge is 0.255 e. The van der Waals surface area contributed by atoms with Crippen molar-refractivity contribution in [3.05, 3.63) is 47.5 Å². The molecule has 1 aromatic heterocycles. The summed E-state index contributed by atoms with van der Waals surface area (Å²) >= 11 is 0. The highest BCUT2D eigenvalue weighted by Crippen LogP contribution is 2.23. The fourth-order valence-electron chi connectivity index (χ4n) is 2.46. The molecule has 0 saturated heterocycles. The highest BCUT2D eigenvalue weighted by atomic mass is 19.1. The molecule has 0 atom stereocenters. The predicted octanol–water partition coefficient (Wildman–Crippen LogP) is 2.39. The van der Waals surface area contributed by atoms with Crippen molar-refractivity contribution in [1.82, 2.24) is 20.4 Å². The summed E-state index contributed by atoms with van der Waals surface area (Å²) in [6, 6.07) is 5.90. The zero-order valence-corrected chi connectivity index (χ0v) is 14.7. The third-order valence-electron chi connectivity index (χ3n) is 3.65. The molecule has 1 aromatic carbocycles. The van der Waals surface area contributed by atoms with Crippen LogP contribution in [0.4, 0.5) is 4.39 Å². The van der Waals surface area contributed by atoms with Gasteiger partial charge in [-0.1, -0.05) is 20.8 Å². The topological polar surface area (TPSA) is 76.0 Å². The first-order valence-corrected chi connectivity index (χ1v) is 8.32. The van der Waals surface area contributed by atoms with Crippen LogP contribution in [0.3, 0.4) is 0 Å². The van der Waals surface area contributed by atoms with Crippen LogP contribution < -0.4 is 10.6 Å². The standard InChI is InChI=1S/C18H23FN4O2/c1-4-9-20-16(24)11-21-18(25)15-10-22-23(17(15)12(2)3)14-7-5-13(19)6-8-14/h5-8,10,12H,4,9,11H2,1-3H3,(H,20,24)(H,21,25). The van der Waals surface area contributed by atoms with Crippen molar-refractivity contribution in [2.75, 3.05) is 13.1 Å². The summed E-state index contributed by atoms with van der Waals surface area (Å²) in [6.07, 6.45) is 2.31. The van der Waals surface area contributed by atoms with Crippen molar-refractivity contribution < 1.29 is 14.0 Å². The van der Waals surface area contributed by atoms with E-state index in [1.807, 2.05) is 20.8 Å². The van der Waals surface area contributed by atoms with Gasteiger partial charge >= 0.3 is 0 Å². The van der Waals surface area contributed by atoms with Crippen LogP contribution in [0.5, 0.6) is 0 Å². The van der Waals surface area contributed by atoms with Gasteiger partial charge in [0.25, 0.3) is 5.91 Å². The molecule has 25 heavy (non-hydrogen) atoms. The Morgan fingerprint density at radius 3 is 2.48 bits per heavy atom. The molecule has 0 aliphatic heterocycles. The Morgan fingerprint density at radius 2 is 1.88 bits per heavy atom. The molecule has 2 amide bonds. The van der Waals surface area contributed by atoms with E-state index in [9.17, 15) is 14.0 Å². The SMILES string of the molecule is CCCNC(=O)CNC(=O)c1cnn(-c2ccc(F)cc2)c1C(C)C. The van der Waals surface area contributed by atoms with E-state index < -0.39 is 0 Å². The van der Waals surface area contributed by atoms with Gasteiger partial charge in [0.1, 0.15) is 5.82 Å². The fourth-order valence-corrected chi connectivity index (χ4v) is 2.46. The molecule has 0 bridgehead atoms. The van der Waals surface area contributed by atoms with Gasteiger partial charge in [-0.2, -0.15) is 5.10 Å². The van der Waals surface area contributed by atoms with Crippen molar-refractivity contribution >= 4 is 11.8 Å². The molecule has 0 radical (unpaired) electrons. The number of hydrogen-bond acceptors (Lipinski definition) is 3. The number of nitrogens with one attached hydrogen (secondary N) is 2. The molecule has 0 aliphatic carbocycles. The largest absolute Gasteiger partial charge is 0.355 e. The number of benzene rings is 1. The molecule has 0 spiro atoms. The number of nitrogens with zero attached hydrogens (tertiary/aromatic N) is 2. The number of amides is 2. The lowest BCUT2D eigenvalue weighted by Crippen LogP contribution is -2.37. The molecule has 6 nitrogen and oxygen atoms in total. The van der Waals surface area contributed by atoms with Crippen LogP contribution in [0.1, 0.15) is 49.2 Å². The molecule has 134 valence electrons. The van der Waals surface area contributed by atoms with Gasteiger partial charge in [0, 0.05) is 6.54 Å². The maximum absolute atomic E-state index is 13.1. The lowest BCUT2D eigenvalue weighted by atomic mass is 10.0. The minimum absolute atomic E-state index is 0.0159. The summed E-state index contributed by atoms with van der Waals surface area (Å²) < 4.78 is 14.7. The predicted molar refractivity (Wildman–Crippen MR) is 93.2 cm³/mol. The van der Waals surface area contributed by atoms with Gasteiger partial charge in [0.15, 0.2) is 0 Å². The van der Waals surface area contributed by atoms with Gasteiger partial charge in [-0.3, -0.25) is 9.59 Å². The highest BCUT2D eigenvalue weighted by molar-refractivity contribution is 5.97. The second-order valence-corrected chi connectivity index (χ2v) is 6.02. The normalized spacial score (nSPS) is 10.8. The first-order chi connectivity index (χ1) is 11.9. The Labute approximate surface area is 146 Å². The van der Waals surface area contributed by atoms with E-state index in [2.05, 4.69) is 15.7 Å². The number of hydrogen-bond donors (Lipinski definition) is 2. The maximum atomic E-state index is 13.1.